The highest BCUT2D eigenvalue weighted by atomic mass is 32.2. The van der Waals surface area contributed by atoms with E-state index in [1.54, 1.807) is 22.4 Å². The van der Waals surface area contributed by atoms with Gasteiger partial charge in [0.2, 0.25) is 5.91 Å². The van der Waals surface area contributed by atoms with Crippen LogP contribution in [-0.2, 0) is 11.2 Å². The van der Waals surface area contributed by atoms with Crippen LogP contribution in [0.3, 0.4) is 0 Å². The largest absolute Gasteiger partial charge is 0.343 e. The summed E-state index contributed by atoms with van der Waals surface area (Å²) in [7, 11) is 0. The van der Waals surface area contributed by atoms with Crippen LogP contribution >= 0.6 is 11.8 Å². The van der Waals surface area contributed by atoms with Crippen molar-refractivity contribution in [1.29, 1.82) is 0 Å². The highest BCUT2D eigenvalue weighted by Crippen LogP contribution is 2.32. The van der Waals surface area contributed by atoms with Gasteiger partial charge in [0.1, 0.15) is 0 Å². The van der Waals surface area contributed by atoms with Crippen molar-refractivity contribution in [3.8, 4) is 0 Å². The highest BCUT2D eigenvalue weighted by molar-refractivity contribution is 7.99. The molecule has 0 saturated carbocycles. The van der Waals surface area contributed by atoms with Crippen molar-refractivity contribution in [3.63, 3.8) is 0 Å². The minimum Gasteiger partial charge on any atom is -0.343 e. The van der Waals surface area contributed by atoms with Crippen LogP contribution in [0.1, 0.15) is 44.3 Å². The molecule has 6 heteroatoms. The summed E-state index contributed by atoms with van der Waals surface area (Å²) in [5, 5.41) is 0.783. The Balaban J connectivity index is 1.77. The lowest BCUT2D eigenvalue weighted by Crippen LogP contribution is -2.32. The van der Waals surface area contributed by atoms with E-state index in [-0.39, 0.29) is 17.5 Å². The van der Waals surface area contributed by atoms with Crippen LogP contribution in [0.25, 0.3) is 0 Å². The van der Waals surface area contributed by atoms with E-state index in [1.807, 2.05) is 4.90 Å². The lowest BCUT2D eigenvalue weighted by molar-refractivity contribution is -0.130. The monoisotopic (exact) mass is 307 g/mol. The molecule has 0 aliphatic carbocycles. The summed E-state index contributed by atoms with van der Waals surface area (Å²) >= 11 is 1.60. The van der Waals surface area contributed by atoms with Crippen molar-refractivity contribution >= 4 is 17.7 Å². The van der Waals surface area contributed by atoms with Gasteiger partial charge in [0.25, 0.3) is 5.56 Å². The SMILES string of the molecule is CCCc1cc(=O)n2c(n1)SCC2CC(=O)N1CCCC1. The van der Waals surface area contributed by atoms with Crippen LogP contribution in [0.5, 0.6) is 0 Å². The van der Waals surface area contributed by atoms with E-state index in [1.165, 1.54) is 0 Å². The third-order valence-electron chi connectivity index (χ3n) is 4.12. The van der Waals surface area contributed by atoms with Crippen LogP contribution in [0, 0.1) is 0 Å². The average Bonchev–Trinajstić information content (AvgIpc) is 3.09. The predicted octanol–water partition coefficient (Wildman–Crippen LogP) is 1.86. The molecular weight excluding hydrogens is 286 g/mol. The Labute approximate surface area is 128 Å². The number of carbonyl (C=O) groups excluding carboxylic acids is 1. The number of nitrogens with zero attached hydrogens (tertiary/aromatic N) is 3. The highest BCUT2D eigenvalue weighted by Gasteiger charge is 2.29. The Kier molecular flexibility index (Phi) is 4.33. The third-order valence-corrected chi connectivity index (χ3v) is 5.22. The van der Waals surface area contributed by atoms with Gasteiger partial charge in [-0.25, -0.2) is 4.98 Å². The van der Waals surface area contributed by atoms with E-state index < -0.39 is 0 Å². The average molecular weight is 307 g/mol. The minimum absolute atomic E-state index is 0.00679. The Morgan fingerprint density at radius 2 is 2.19 bits per heavy atom. The fraction of sp³-hybridized carbons (Fsp3) is 0.667. The van der Waals surface area contributed by atoms with Crippen molar-refractivity contribution in [2.75, 3.05) is 18.8 Å². The number of carbonyl (C=O) groups is 1. The molecule has 0 spiro atoms. The molecular formula is C15H21N3O2S. The molecule has 0 radical (unpaired) electrons. The van der Waals surface area contributed by atoms with Gasteiger partial charge in [-0.3, -0.25) is 14.2 Å². The summed E-state index contributed by atoms with van der Waals surface area (Å²) in [4.78, 5) is 31.1. The molecule has 1 aromatic rings. The normalized spacial score (nSPS) is 20.8. The molecule has 1 aromatic heterocycles. The lowest BCUT2D eigenvalue weighted by atomic mass is 10.2. The summed E-state index contributed by atoms with van der Waals surface area (Å²) < 4.78 is 1.72. The summed E-state index contributed by atoms with van der Waals surface area (Å²) in [5.41, 5.74) is 0.862. The van der Waals surface area contributed by atoms with Gasteiger partial charge in [-0.05, 0) is 19.3 Å². The first-order chi connectivity index (χ1) is 10.2. The van der Waals surface area contributed by atoms with Gasteiger partial charge < -0.3 is 4.90 Å². The van der Waals surface area contributed by atoms with Crippen LogP contribution in [-0.4, -0.2) is 39.2 Å². The van der Waals surface area contributed by atoms with Crippen LogP contribution in [0.4, 0.5) is 0 Å². The molecule has 0 bridgehead atoms. The zero-order valence-corrected chi connectivity index (χ0v) is 13.2. The third kappa shape index (κ3) is 3.00. The summed E-state index contributed by atoms with van der Waals surface area (Å²) in [6.45, 7) is 3.82. The summed E-state index contributed by atoms with van der Waals surface area (Å²) in [5.74, 6) is 0.952. The molecule has 5 nitrogen and oxygen atoms in total. The van der Waals surface area contributed by atoms with Gasteiger partial charge in [0.05, 0.1) is 6.04 Å². The van der Waals surface area contributed by atoms with Gasteiger partial charge >= 0.3 is 0 Å². The maximum atomic E-state index is 12.3. The van der Waals surface area contributed by atoms with Gasteiger partial charge in [0.15, 0.2) is 5.16 Å². The zero-order chi connectivity index (χ0) is 14.8. The Morgan fingerprint density at radius 3 is 2.90 bits per heavy atom. The van der Waals surface area contributed by atoms with Crippen molar-refractivity contribution in [2.45, 2.75) is 50.2 Å². The standard InChI is InChI=1S/C15H21N3O2S/c1-2-5-11-8-14(20)18-12(10-21-15(18)16-11)9-13(19)17-6-3-4-7-17/h8,12H,2-7,9-10H2,1H3. The Hall–Kier alpha value is -1.30. The first kappa shape index (κ1) is 14.6. The molecule has 1 amide bonds. The van der Waals surface area contributed by atoms with Gasteiger partial charge in [-0.15, -0.1) is 0 Å². The second-order valence-corrected chi connectivity index (χ2v) is 6.73. The lowest BCUT2D eigenvalue weighted by Gasteiger charge is -2.19. The maximum Gasteiger partial charge on any atom is 0.254 e. The van der Waals surface area contributed by atoms with Crippen molar-refractivity contribution in [1.82, 2.24) is 14.5 Å². The number of fused-ring (bicyclic) bond motifs is 1. The second kappa shape index (κ2) is 6.22. The number of hydrogen-bond acceptors (Lipinski definition) is 4. The van der Waals surface area contributed by atoms with Crippen LogP contribution in [0.15, 0.2) is 16.0 Å². The minimum atomic E-state index is -0.0335. The van der Waals surface area contributed by atoms with Gasteiger partial charge in [-0.1, -0.05) is 25.1 Å². The number of hydrogen-bond donors (Lipinski definition) is 0. The molecule has 1 fully saturated rings. The van der Waals surface area contributed by atoms with Gasteiger partial charge in [-0.2, -0.15) is 0 Å². The quantitative estimate of drug-likeness (QED) is 0.797. The van der Waals surface area contributed by atoms with Gasteiger partial charge in [0, 0.05) is 37.0 Å². The molecule has 2 aliphatic rings. The fourth-order valence-electron chi connectivity index (χ4n) is 3.03. The first-order valence-electron chi connectivity index (χ1n) is 7.72. The molecule has 1 unspecified atom stereocenters. The molecule has 3 heterocycles. The smallest absolute Gasteiger partial charge is 0.254 e. The van der Waals surface area contributed by atoms with E-state index in [0.717, 1.165) is 55.4 Å². The number of rotatable bonds is 4. The molecule has 1 atom stereocenters. The van der Waals surface area contributed by atoms with E-state index in [2.05, 4.69) is 11.9 Å². The molecule has 0 aromatic carbocycles. The van der Waals surface area contributed by atoms with Crippen molar-refractivity contribution in [2.24, 2.45) is 0 Å². The topological polar surface area (TPSA) is 55.2 Å². The number of thioether (sulfide) groups is 1. The summed E-state index contributed by atoms with van der Waals surface area (Å²) in [6.07, 6.45) is 4.44. The molecule has 2 aliphatic heterocycles. The zero-order valence-electron chi connectivity index (χ0n) is 12.4. The first-order valence-corrected chi connectivity index (χ1v) is 8.70. The summed E-state index contributed by atoms with van der Waals surface area (Å²) in [6, 6.07) is 1.60. The van der Waals surface area contributed by atoms with Crippen molar-refractivity contribution in [3.05, 3.63) is 22.1 Å². The maximum absolute atomic E-state index is 12.3. The Bertz CT molecular complexity index is 593. The number of aryl methyl sites for hydroxylation is 1. The predicted molar refractivity (Wildman–Crippen MR) is 82.7 cm³/mol. The number of aromatic nitrogens is 2. The fourth-order valence-corrected chi connectivity index (χ4v) is 4.20. The molecule has 3 rings (SSSR count). The number of likely N-dealkylation sites (tertiary alicyclic amines) is 1. The molecule has 1 saturated heterocycles. The van der Waals surface area contributed by atoms with Crippen LogP contribution < -0.4 is 5.56 Å². The van der Waals surface area contributed by atoms with E-state index >= 15 is 0 Å². The molecule has 114 valence electrons. The Morgan fingerprint density at radius 1 is 1.43 bits per heavy atom. The molecule has 0 N–H and O–H groups in total. The molecule has 21 heavy (non-hydrogen) atoms. The van der Waals surface area contributed by atoms with Crippen molar-refractivity contribution < 1.29 is 4.79 Å². The van der Waals surface area contributed by atoms with E-state index in [0.29, 0.717) is 6.42 Å². The van der Waals surface area contributed by atoms with Crippen LogP contribution in [0.2, 0.25) is 0 Å². The second-order valence-electron chi connectivity index (χ2n) is 5.75. The van der Waals surface area contributed by atoms with E-state index in [9.17, 15) is 9.59 Å². The number of amides is 1. The van der Waals surface area contributed by atoms with E-state index in [4.69, 9.17) is 0 Å².